The summed E-state index contributed by atoms with van der Waals surface area (Å²) in [4.78, 5) is 11.4. The van der Waals surface area contributed by atoms with Gasteiger partial charge in [-0.3, -0.25) is 4.79 Å². The van der Waals surface area contributed by atoms with Crippen molar-refractivity contribution in [2.24, 2.45) is 5.73 Å². The van der Waals surface area contributed by atoms with Crippen molar-refractivity contribution in [2.45, 2.75) is 25.8 Å². The van der Waals surface area contributed by atoms with Gasteiger partial charge >= 0.3 is 0 Å². The summed E-state index contributed by atoms with van der Waals surface area (Å²) in [6, 6.07) is 2.63. The number of benzene rings is 1. The minimum atomic E-state index is -0.808. The number of para-hydroxylation sites is 1. The Morgan fingerprint density at radius 2 is 2.00 bits per heavy atom. The minimum absolute atomic E-state index is 0.445. The monoisotopic (exact) mass is 228 g/mol. The summed E-state index contributed by atoms with van der Waals surface area (Å²) in [7, 11) is 0. The van der Waals surface area contributed by atoms with E-state index in [-0.39, 0.29) is 0 Å². The highest BCUT2D eigenvalue weighted by molar-refractivity contribution is 5.94. The normalized spacial score (nSPS) is 12.2. The fourth-order valence-electron chi connectivity index (χ4n) is 1.28. The van der Waals surface area contributed by atoms with Gasteiger partial charge in [0.25, 0.3) is 0 Å². The van der Waals surface area contributed by atoms with Crippen molar-refractivity contribution in [1.82, 2.24) is 0 Å². The number of hydrogen-bond acceptors (Lipinski definition) is 2. The van der Waals surface area contributed by atoms with Gasteiger partial charge in [-0.2, -0.15) is 0 Å². The Bertz CT molecular complexity index is 362. The lowest BCUT2D eigenvalue weighted by Gasteiger charge is -2.12. The van der Waals surface area contributed by atoms with Gasteiger partial charge in [0.2, 0.25) is 5.91 Å². The fourth-order valence-corrected chi connectivity index (χ4v) is 1.28. The Labute approximate surface area is 92.6 Å². The molecule has 0 saturated heterocycles. The molecule has 1 aromatic carbocycles. The zero-order chi connectivity index (χ0) is 12.1. The third-order valence-electron chi connectivity index (χ3n) is 2.15. The molecule has 88 valence electrons. The zero-order valence-corrected chi connectivity index (χ0v) is 8.97. The van der Waals surface area contributed by atoms with Crippen LogP contribution in [0.3, 0.4) is 0 Å². The summed E-state index contributed by atoms with van der Waals surface area (Å²) < 4.78 is 26.3. The molecular formula is C11H14F2N2O. The molecule has 1 atom stereocenters. The summed E-state index contributed by atoms with van der Waals surface area (Å²) in [6.07, 6.45) is 1.20. The van der Waals surface area contributed by atoms with Crippen molar-refractivity contribution in [3.05, 3.63) is 29.8 Å². The Morgan fingerprint density at radius 3 is 2.50 bits per heavy atom. The van der Waals surface area contributed by atoms with Gasteiger partial charge in [-0.25, -0.2) is 8.78 Å². The van der Waals surface area contributed by atoms with Crippen LogP contribution in [0.5, 0.6) is 0 Å². The van der Waals surface area contributed by atoms with Crippen LogP contribution in [0.25, 0.3) is 0 Å². The van der Waals surface area contributed by atoms with Gasteiger partial charge < -0.3 is 11.1 Å². The molecule has 3 N–H and O–H groups in total. The van der Waals surface area contributed by atoms with Crippen molar-refractivity contribution < 1.29 is 13.6 Å². The van der Waals surface area contributed by atoms with Crippen molar-refractivity contribution in [3.63, 3.8) is 0 Å². The molecule has 1 amide bonds. The predicted octanol–water partition coefficient (Wildman–Crippen LogP) is 2.03. The predicted molar refractivity (Wildman–Crippen MR) is 57.9 cm³/mol. The number of rotatable bonds is 4. The second kappa shape index (κ2) is 5.55. The van der Waals surface area contributed by atoms with Crippen LogP contribution in [0.1, 0.15) is 19.8 Å². The first-order chi connectivity index (χ1) is 7.56. The van der Waals surface area contributed by atoms with Crippen LogP contribution >= 0.6 is 0 Å². The molecule has 0 aliphatic heterocycles. The molecule has 0 bridgehead atoms. The first kappa shape index (κ1) is 12.6. The lowest BCUT2D eigenvalue weighted by molar-refractivity contribution is -0.117. The first-order valence-corrected chi connectivity index (χ1v) is 5.06. The molecule has 16 heavy (non-hydrogen) atoms. The Balaban J connectivity index is 2.77. The molecule has 5 heteroatoms. The standard InChI is InChI=1S/C11H14F2N2O/c1-2-4-9(14)11(16)15-10-7(12)5-3-6-8(10)13/h3,5-6,9H,2,4,14H2,1H3,(H,15,16)/t9-/m0/s1. The van der Waals surface area contributed by atoms with Crippen LogP contribution in [-0.2, 0) is 4.79 Å². The quantitative estimate of drug-likeness (QED) is 0.828. The Kier molecular flexibility index (Phi) is 4.37. The number of amides is 1. The van der Waals surface area contributed by atoms with E-state index in [1.54, 1.807) is 0 Å². The molecule has 0 saturated carbocycles. The van der Waals surface area contributed by atoms with E-state index in [0.29, 0.717) is 6.42 Å². The van der Waals surface area contributed by atoms with E-state index in [0.717, 1.165) is 18.6 Å². The van der Waals surface area contributed by atoms with Crippen molar-refractivity contribution in [2.75, 3.05) is 5.32 Å². The maximum Gasteiger partial charge on any atom is 0.241 e. The molecule has 0 aromatic heterocycles. The van der Waals surface area contributed by atoms with Gasteiger partial charge in [0.1, 0.15) is 17.3 Å². The van der Waals surface area contributed by atoms with Crippen LogP contribution in [0, 0.1) is 11.6 Å². The van der Waals surface area contributed by atoms with Crippen LogP contribution in [0.15, 0.2) is 18.2 Å². The number of nitrogens with one attached hydrogen (secondary N) is 1. The third-order valence-corrected chi connectivity index (χ3v) is 2.15. The maximum absolute atomic E-state index is 13.2. The second-order valence-electron chi connectivity index (χ2n) is 3.48. The summed E-state index contributed by atoms with van der Waals surface area (Å²) in [5.41, 5.74) is 5.07. The maximum atomic E-state index is 13.2. The molecule has 0 aliphatic carbocycles. The van der Waals surface area contributed by atoms with Crippen molar-refractivity contribution in [3.8, 4) is 0 Å². The SMILES string of the molecule is CCC[C@H](N)C(=O)Nc1c(F)cccc1F. The van der Waals surface area contributed by atoms with Crippen LogP contribution in [-0.4, -0.2) is 11.9 Å². The van der Waals surface area contributed by atoms with Crippen LogP contribution < -0.4 is 11.1 Å². The number of anilines is 1. The van der Waals surface area contributed by atoms with Gasteiger partial charge in [-0.15, -0.1) is 0 Å². The molecule has 1 rings (SSSR count). The Morgan fingerprint density at radius 1 is 1.44 bits per heavy atom. The van der Waals surface area contributed by atoms with E-state index in [4.69, 9.17) is 5.73 Å². The molecule has 0 unspecified atom stereocenters. The number of carbonyl (C=O) groups is 1. The number of halogens is 2. The summed E-state index contributed by atoms with van der Waals surface area (Å²) in [6.45, 7) is 1.87. The van der Waals surface area contributed by atoms with E-state index in [1.807, 2.05) is 6.92 Å². The third kappa shape index (κ3) is 3.00. The number of hydrogen-bond donors (Lipinski definition) is 2. The van der Waals surface area contributed by atoms with Crippen LogP contribution in [0.2, 0.25) is 0 Å². The average Bonchev–Trinajstić information content (AvgIpc) is 2.23. The van der Waals surface area contributed by atoms with Gasteiger partial charge in [0.15, 0.2) is 0 Å². The topological polar surface area (TPSA) is 55.1 Å². The molecule has 0 radical (unpaired) electrons. The van der Waals surface area contributed by atoms with Crippen molar-refractivity contribution >= 4 is 11.6 Å². The van der Waals surface area contributed by atoms with Crippen molar-refractivity contribution in [1.29, 1.82) is 0 Å². The Hall–Kier alpha value is -1.49. The summed E-state index contributed by atoms with van der Waals surface area (Å²) in [5.74, 6) is -2.19. The number of nitrogens with two attached hydrogens (primary N) is 1. The van der Waals surface area contributed by atoms with Gasteiger partial charge in [-0.05, 0) is 18.6 Å². The highest BCUT2D eigenvalue weighted by Crippen LogP contribution is 2.18. The van der Waals surface area contributed by atoms with Gasteiger partial charge in [-0.1, -0.05) is 19.4 Å². The lowest BCUT2D eigenvalue weighted by atomic mass is 10.1. The van der Waals surface area contributed by atoms with Gasteiger partial charge in [0, 0.05) is 0 Å². The largest absolute Gasteiger partial charge is 0.320 e. The van der Waals surface area contributed by atoms with Gasteiger partial charge in [0.05, 0.1) is 6.04 Å². The molecule has 0 heterocycles. The van der Waals surface area contributed by atoms with E-state index < -0.39 is 29.3 Å². The zero-order valence-electron chi connectivity index (χ0n) is 8.97. The smallest absolute Gasteiger partial charge is 0.241 e. The average molecular weight is 228 g/mol. The summed E-state index contributed by atoms with van der Waals surface area (Å²) >= 11 is 0. The molecule has 1 aromatic rings. The highest BCUT2D eigenvalue weighted by atomic mass is 19.1. The summed E-state index contributed by atoms with van der Waals surface area (Å²) in [5, 5.41) is 2.15. The molecule has 0 spiro atoms. The lowest BCUT2D eigenvalue weighted by Crippen LogP contribution is -2.35. The van der Waals surface area contributed by atoms with E-state index in [1.165, 1.54) is 6.07 Å². The molecule has 0 fully saturated rings. The van der Waals surface area contributed by atoms with E-state index >= 15 is 0 Å². The molecule has 0 aliphatic rings. The fraction of sp³-hybridized carbons (Fsp3) is 0.364. The highest BCUT2D eigenvalue weighted by Gasteiger charge is 2.16. The minimum Gasteiger partial charge on any atom is -0.320 e. The first-order valence-electron chi connectivity index (χ1n) is 5.06. The number of carbonyl (C=O) groups excluding carboxylic acids is 1. The van der Waals surface area contributed by atoms with E-state index in [2.05, 4.69) is 5.32 Å². The van der Waals surface area contributed by atoms with E-state index in [9.17, 15) is 13.6 Å². The second-order valence-corrected chi connectivity index (χ2v) is 3.48. The van der Waals surface area contributed by atoms with Crippen LogP contribution in [0.4, 0.5) is 14.5 Å². The molecule has 3 nitrogen and oxygen atoms in total. The molecular weight excluding hydrogens is 214 g/mol.